The molecule has 0 saturated carbocycles. The van der Waals surface area contributed by atoms with Gasteiger partial charge in [0, 0.05) is 12.6 Å². The summed E-state index contributed by atoms with van der Waals surface area (Å²) in [4.78, 5) is -0.0189. The normalized spacial score (nSPS) is 21.3. The van der Waals surface area contributed by atoms with Crippen LogP contribution < -0.4 is 5.73 Å². The zero-order valence-electron chi connectivity index (χ0n) is 10.3. The van der Waals surface area contributed by atoms with Crippen LogP contribution in [0.3, 0.4) is 0 Å². The van der Waals surface area contributed by atoms with Crippen molar-refractivity contribution in [1.29, 1.82) is 0 Å². The van der Waals surface area contributed by atoms with Crippen LogP contribution in [0.25, 0.3) is 0 Å². The van der Waals surface area contributed by atoms with Gasteiger partial charge in [0.25, 0.3) is 0 Å². The van der Waals surface area contributed by atoms with Crippen molar-refractivity contribution >= 4 is 15.7 Å². The fourth-order valence-electron chi connectivity index (χ4n) is 2.34. The predicted octanol–water partition coefficient (Wildman–Crippen LogP) is 1.97. The molecule has 0 aliphatic carbocycles. The molecule has 1 saturated heterocycles. The molecule has 1 atom stereocenters. The average Bonchev–Trinajstić information content (AvgIpc) is 2.81. The van der Waals surface area contributed by atoms with Gasteiger partial charge in [-0.1, -0.05) is 6.92 Å². The molecule has 1 aliphatic heterocycles. The Bertz CT molecular complexity index is 545. The molecular weight excluding hydrogens is 255 g/mol. The first kappa shape index (κ1) is 13.3. The van der Waals surface area contributed by atoms with Gasteiger partial charge in [-0.25, -0.2) is 12.8 Å². The highest BCUT2D eigenvalue weighted by Crippen LogP contribution is 2.28. The third-order valence-corrected chi connectivity index (χ3v) is 5.32. The number of anilines is 1. The number of rotatable bonds is 3. The van der Waals surface area contributed by atoms with Gasteiger partial charge in [0.2, 0.25) is 10.0 Å². The lowest BCUT2D eigenvalue weighted by Crippen LogP contribution is -2.35. The van der Waals surface area contributed by atoms with Crippen LogP contribution >= 0.6 is 0 Å². The molecule has 1 fully saturated rings. The lowest BCUT2D eigenvalue weighted by Gasteiger charge is -2.23. The SMILES string of the molecule is CCC1CCCN1S(=O)(=O)c1ccc(N)c(F)c1. The second-order valence-electron chi connectivity index (χ2n) is 4.50. The molecule has 1 heterocycles. The summed E-state index contributed by atoms with van der Waals surface area (Å²) in [6, 6.07) is 3.67. The van der Waals surface area contributed by atoms with Gasteiger partial charge in [-0.3, -0.25) is 0 Å². The molecule has 2 N–H and O–H groups in total. The zero-order chi connectivity index (χ0) is 13.3. The molecular formula is C12H17FN2O2S. The van der Waals surface area contributed by atoms with Gasteiger partial charge < -0.3 is 5.73 Å². The maximum absolute atomic E-state index is 13.4. The summed E-state index contributed by atoms with van der Waals surface area (Å²) in [5.74, 6) is -0.691. The van der Waals surface area contributed by atoms with Crippen LogP contribution in [-0.4, -0.2) is 25.3 Å². The van der Waals surface area contributed by atoms with E-state index in [0.29, 0.717) is 6.54 Å². The van der Waals surface area contributed by atoms with Crippen molar-refractivity contribution in [3.8, 4) is 0 Å². The number of nitrogen functional groups attached to an aromatic ring is 1. The fourth-order valence-corrected chi connectivity index (χ4v) is 4.12. The number of sulfonamides is 1. The van der Waals surface area contributed by atoms with E-state index in [1.165, 1.54) is 16.4 Å². The highest BCUT2D eigenvalue weighted by atomic mass is 32.2. The van der Waals surface area contributed by atoms with Gasteiger partial charge in [-0.15, -0.1) is 0 Å². The first-order valence-electron chi connectivity index (χ1n) is 6.03. The largest absolute Gasteiger partial charge is 0.396 e. The summed E-state index contributed by atoms with van der Waals surface area (Å²) >= 11 is 0. The van der Waals surface area contributed by atoms with Crippen molar-refractivity contribution in [1.82, 2.24) is 4.31 Å². The van der Waals surface area contributed by atoms with E-state index in [-0.39, 0.29) is 16.6 Å². The summed E-state index contributed by atoms with van der Waals surface area (Å²) in [5.41, 5.74) is 5.32. The predicted molar refractivity (Wildman–Crippen MR) is 68.0 cm³/mol. The monoisotopic (exact) mass is 272 g/mol. The fraction of sp³-hybridized carbons (Fsp3) is 0.500. The Labute approximate surface area is 107 Å². The van der Waals surface area contributed by atoms with E-state index in [0.717, 1.165) is 25.3 Å². The van der Waals surface area contributed by atoms with Gasteiger partial charge in [-0.2, -0.15) is 4.31 Å². The Balaban J connectivity index is 2.38. The Morgan fingerprint density at radius 1 is 1.50 bits per heavy atom. The van der Waals surface area contributed by atoms with Crippen LogP contribution in [0.5, 0.6) is 0 Å². The number of halogens is 1. The molecule has 1 aromatic carbocycles. The minimum atomic E-state index is -3.60. The van der Waals surface area contributed by atoms with Crippen LogP contribution in [-0.2, 0) is 10.0 Å². The molecule has 1 aliphatic rings. The molecule has 1 aromatic rings. The van der Waals surface area contributed by atoms with Crippen molar-refractivity contribution in [3.63, 3.8) is 0 Å². The van der Waals surface area contributed by atoms with Crippen LogP contribution in [0.1, 0.15) is 26.2 Å². The second-order valence-corrected chi connectivity index (χ2v) is 6.39. The van der Waals surface area contributed by atoms with Gasteiger partial charge in [0.1, 0.15) is 5.82 Å². The summed E-state index contributed by atoms with van der Waals surface area (Å²) in [6.45, 7) is 2.47. The lowest BCUT2D eigenvalue weighted by atomic mass is 10.2. The topological polar surface area (TPSA) is 63.4 Å². The smallest absolute Gasteiger partial charge is 0.243 e. The average molecular weight is 272 g/mol. The summed E-state index contributed by atoms with van der Waals surface area (Å²) < 4.78 is 39.6. The third kappa shape index (κ3) is 2.22. The van der Waals surface area contributed by atoms with Gasteiger partial charge >= 0.3 is 0 Å². The summed E-state index contributed by atoms with van der Waals surface area (Å²) in [7, 11) is -3.60. The third-order valence-electron chi connectivity index (χ3n) is 3.37. The molecule has 0 spiro atoms. The molecule has 18 heavy (non-hydrogen) atoms. The van der Waals surface area contributed by atoms with Crippen molar-refractivity contribution in [2.45, 2.75) is 37.1 Å². The summed E-state index contributed by atoms with van der Waals surface area (Å²) in [5, 5.41) is 0. The number of hydrogen-bond acceptors (Lipinski definition) is 3. The Kier molecular flexibility index (Phi) is 3.59. The number of nitrogens with two attached hydrogens (primary N) is 1. The van der Waals surface area contributed by atoms with Gasteiger partial charge in [0.05, 0.1) is 10.6 Å². The Morgan fingerprint density at radius 3 is 2.83 bits per heavy atom. The zero-order valence-corrected chi connectivity index (χ0v) is 11.1. The van der Waals surface area contributed by atoms with E-state index in [1.54, 1.807) is 0 Å². The van der Waals surface area contributed by atoms with Gasteiger partial charge in [-0.05, 0) is 37.5 Å². The minimum absolute atomic E-state index is 0.0189. The molecule has 4 nitrogen and oxygen atoms in total. The molecule has 0 radical (unpaired) electrons. The van der Waals surface area contributed by atoms with Crippen molar-refractivity contribution < 1.29 is 12.8 Å². The molecule has 0 aromatic heterocycles. The maximum atomic E-state index is 13.4. The van der Waals surface area contributed by atoms with Crippen molar-refractivity contribution in [3.05, 3.63) is 24.0 Å². The quantitative estimate of drug-likeness (QED) is 0.856. The Morgan fingerprint density at radius 2 is 2.22 bits per heavy atom. The van der Waals surface area contributed by atoms with Crippen LogP contribution in [0.15, 0.2) is 23.1 Å². The lowest BCUT2D eigenvalue weighted by molar-refractivity contribution is 0.379. The van der Waals surface area contributed by atoms with E-state index >= 15 is 0 Å². The number of benzene rings is 1. The number of nitrogens with zero attached hydrogens (tertiary/aromatic N) is 1. The van der Waals surface area contributed by atoms with E-state index in [1.807, 2.05) is 6.92 Å². The van der Waals surface area contributed by atoms with Crippen LogP contribution in [0, 0.1) is 5.82 Å². The first-order valence-corrected chi connectivity index (χ1v) is 7.47. The van der Waals surface area contributed by atoms with E-state index < -0.39 is 15.8 Å². The molecule has 1 unspecified atom stereocenters. The molecule has 6 heteroatoms. The highest BCUT2D eigenvalue weighted by Gasteiger charge is 2.34. The van der Waals surface area contributed by atoms with Crippen molar-refractivity contribution in [2.75, 3.05) is 12.3 Å². The number of hydrogen-bond donors (Lipinski definition) is 1. The maximum Gasteiger partial charge on any atom is 0.243 e. The minimum Gasteiger partial charge on any atom is -0.396 e. The summed E-state index contributed by atoms with van der Waals surface area (Å²) in [6.07, 6.45) is 2.50. The van der Waals surface area contributed by atoms with E-state index in [2.05, 4.69) is 0 Å². The standard InChI is InChI=1S/C12H17FN2O2S/c1-2-9-4-3-7-15(9)18(16,17)10-5-6-12(14)11(13)8-10/h5-6,8-9H,2-4,7,14H2,1H3. The van der Waals surface area contributed by atoms with Crippen LogP contribution in [0.2, 0.25) is 0 Å². The van der Waals surface area contributed by atoms with Gasteiger partial charge in [0.15, 0.2) is 0 Å². The molecule has 2 rings (SSSR count). The molecule has 0 amide bonds. The molecule has 0 bridgehead atoms. The highest BCUT2D eigenvalue weighted by molar-refractivity contribution is 7.89. The Hall–Kier alpha value is -1.14. The van der Waals surface area contributed by atoms with E-state index in [4.69, 9.17) is 5.73 Å². The van der Waals surface area contributed by atoms with E-state index in [9.17, 15) is 12.8 Å². The molecule has 100 valence electrons. The van der Waals surface area contributed by atoms with Crippen LogP contribution in [0.4, 0.5) is 10.1 Å². The van der Waals surface area contributed by atoms with Crippen molar-refractivity contribution in [2.24, 2.45) is 0 Å². The second kappa shape index (κ2) is 4.85. The first-order chi connectivity index (χ1) is 8.46.